The van der Waals surface area contributed by atoms with Gasteiger partial charge in [-0.2, -0.15) is 0 Å². The molecule has 0 aromatic heterocycles. The molecule has 0 bridgehead atoms. The van der Waals surface area contributed by atoms with Gasteiger partial charge in [-0.1, -0.05) is 51.5 Å². The molecule has 2 unspecified atom stereocenters. The van der Waals surface area contributed by atoms with Crippen molar-refractivity contribution in [1.82, 2.24) is 10.2 Å². The molecular weight excluding hydrogens is 232 g/mol. The van der Waals surface area contributed by atoms with E-state index in [-0.39, 0.29) is 0 Å². The van der Waals surface area contributed by atoms with Crippen LogP contribution in [0.3, 0.4) is 0 Å². The van der Waals surface area contributed by atoms with Crippen LogP contribution in [0.25, 0.3) is 0 Å². The van der Waals surface area contributed by atoms with Crippen LogP contribution in [0.4, 0.5) is 0 Å². The molecule has 19 heavy (non-hydrogen) atoms. The molecule has 0 aliphatic rings. The Hall–Kier alpha value is -0.860. The maximum Gasteiger partial charge on any atom is 0.0233 e. The summed E-state index contributed by atoms with van der Waals surface area (Å²) in [7, 11) is 2.22. The second-order valence-corrected chi connectivity index (χ2v) is 5.67. The number of aryl methyl sites for hydroxylation is 1. The van der Waals surface area contributed by atoms with E-state index in [0.29, 0.717) is 6.04 Å². The fourth-order valence-electron chi connectivity index (χ4n) is 2.47. The summed E-state index contributed by atoms with van der Waals surface area (Å²) in [4.78, 5) is 2.43. The third-order valence-corrected chi connectivity index (χ3v) is 4.01. The Morgan fingerprint density at radius 1 is 1.21 bits per heavy atom. The Labute approximate surface area is 119 Å². The van der Waals surface area contributed by atoms with Crippen LogP contribution in [-0.4, -0.2) is 31.1 Å². The average Bonchev–Trinajstić information content (AvgIpc) is 2.40. The topological polar surface area (TPSA) is 15.3 Å². The summed E-state index contributed by atoms with van der Waals surface area (Å²) in [6.07, 6.45) is 1.23. The fraction of sp³-hybridized carbons (Fsp3) is 0.647. The van der Waals surface area contributed by atoms with E-state index in [0.717, 1.165) is 25.6 Å². The lowest BCUT2D eigenvalue weighted by Crippen LogP contribution is -2.43. The van der Waals surface area contributed by atoms with E-state index in [1.165, 1.54) is 17.5 Å². The van der Waals surface area contributed by atoms with Crippen LogP contribution in [0, 0.1) is 12.8 Å². The van der Waals surface area contributed by atoms with Crippen LogP contribution >= 0.6 is 0 Å². The number of hydrogen-bond acceptors (Lipinski definition) is 2. The summed E-state index contributed by atoms with van der Waals surface area (Å²) in [6, 6.07) is 9.26. The number of likely N-dealkylation sites (N-methyl/N-ethyl adjacent to an activating group) is 2. The molecule has 2 nitrogen and oxygen atoms in total. The molecule has 1 N–H and O–H groups in total. The van der Waals surface area contributed by atoms with Crippen molar-refractivity contribution in [2.24, 2.45) is 5.92 Å². The molecule has 0 aliphatic heterocycles. The first-order valence-corrected chi connectivity index (χ1v) is 7.54. The summed E-state index contributed by atoms with van der Waals surface area (Å²) >= 11 is 0. The Morgan fingerprint density at radius 3 is 2.47 bits per heavy atom. The molecule has 0 amide bonds. The van der Waals surface area contributed by atoms with Gasteiger partial charge < -0.3 is 10.2 Å². The Morgan fingerprint density at radius 2 is 1.89 bits per heavy atom. The molecular formula is C17H30N2. The monoisotopic (exact) mass is 262 g/mol. The van der Waals surface area contributed by atoms with Crippen LogP contribution < -0.4 is 5.32 Å². The zero-order chi connectivity index (χ0) is 14.3. The standard InChI is InChI=1S/C17H30N2/c1-6-14(3)17(18-7-2)13-19(5)12-16-11-9-8-10-15(16)4/h8-11,14,17-18H,6-7,12-13H2,1-5H3. The molecule has 0 radical (unpaired) electrons. The second kappa shape index (κ2) is 8.34. The summed E-state index contributed by atoms with van der Waals surface area (Å²) in [5.74, 6) is 0.722. The molecule has 0 saturated heterocycles. The minimum Gasteiger partial charge on any atom is -0.313 e. The summed E-state index contributed by atoms with van der Waals surface area (Å²) < 4.78 is 0. The molecule has 2 atom stereocenters. The lowest BCUT2D eigenvalue weighted by atomic mass is 9.98. The first kappa shape index (κ1) is 16.2. The first-order valence-electron chi connectivity index (χ1n) is 7.54. The average molecular weight is 262 g/mol. The van der Waals surface area contributed by atoms with Gasteiger partial charge >= 0.3 is 0 Å². The van der Waals surface area contributed by atoms with Crippen molar-refractivity contribution in [3.05, 3.63) is 35.4 Å². The molecule has 0 fully saturated rings. The van der Waals surface area contributed by atoms with Gasteiger partial charge in [-0.3, -0.25) is 0 Å². The molecule has 1 aromatic carbocycles. The van der Waals surface area contributed by atoms with Gasteiger partial charge in [0.2, 0.25) is 0 Å². The number of benzene rings is 1. The van der Waals surface area contributed by atoms with Crippen molar-refractivity contribution in [2.45, 2.75) is 46.7 Å². The fourth-order valence-corrected chi connectivity index (χ4v) is 2.47. The van der Waals surface area contributed by atoms with Gasteiger partial charge in [0.1, 0.15) is 0 Å². The highest BCUT2D eigenvalue weighted by atomic mass is 15.1. The Balaban J connectivity index is 2.57. The van der Waals surface area contributed by atoms with Gasteiger partial charge in [0.25, 0.3) is 0 Å². The molecule has 108 valence electrons. The highest BCUT2D eigenvalue weighted by Crippen LogP contribution is 2.13. The summed E-state index contributed by atoms with van der Waals surface area (Å²) in [5, 5.41) is 3.62. The van der Waals surface area contributed by atoms with E-state index >= 15 is 0 Å². The third kappa shape index (κ3) is 5.33. The Kier molecular flexibility index (Phi) is 7.11. The molecule has 0 aliphatic carbocycles. The zero-order valence-corrected chi connectivity index (χ0v) is 13.2. The van der Waals surface area contributed by atoms with Crippen LogP contribution in [0.5, 0.6) is 0 Å². The summed E-state index contributed by atoms with van der Waals surface area (Å²) in [5.41, 5.74) is 2.82. The number of nitrogens with one attached hydrogen (secondary N) is 1. The van der Waals surface area contributed by atoms with Crippen molar-refractivity contribution in [3.63, 3.8) is 0 Å². The van der Waals surface area contributed by atoms with Crippen LogP contribution in [0.2, 0.25) is 0 Å². The van der Waals surface area contributed by atoms with E-state index in [1.807, 2.05) is 0 Å². The number of hydrogen-bond donors (Lipinski definition) is 1. The van der Waals surface area contributed by atoms with Crippen molar-refractivity contribution >= 4 is 0 Å². The number of nitrogens with zero attached hydrogens (tertiary/aromatic N) is 1. The molecule has 0 spiro atoms. The molecule has 0 saturated carbocycles. The van der Waals surface area contributed by atoms with Gasteiger partial charge in [-0.05, 0) is 37.6 Å². The van der Waals surface area contributed by atoms with Crippen LogP contribution in [0.1, 0.15) is 38.3 Å². The van der Waals surface area contributed by atoms with E-state index in [2.05, 4.69) is 69.2 Å². The minimum atomic E-state index is 0.587. The maximum atomic E-state index is 3.62. The van der Waals surface area contributed by atoms with Gasteiger partial charge in [-0.15, -0.1) is 0 Å². The van der Waals surface area contributed by atoms with E-state index in [1.54, 1.807) is 0 Å². The summed E-state index contributed by atoms with van der Waals surface area (Å²) in [6.45, 7) is 12.2. The first-order chi connectivity index (χ1) is 9.08. The third-order valence-electron chi connectivity index (χ3n) is 4.01. The normalized spacial score (nSPS) is 14.6. The lowest BCUT2D eigenvalue weighted by molar-refractivity contribution is 0.240. The predicted octanol–water partition coefficient (Wildman–Crippen LogP) is 3.45. The minimum absolute atomic E-state index is 0.587. The SMILES string of the molecule is CCNC(CN(C)Cc1ccccc1C)C(C)CC. The quantitative estimate of drug-likeness (QED) is 0.772. The van der Waals surface area contributed by atoms with Gasteiger partial charge in [-0.25, -0.2) is 0 Å². The van der Waals surface area contributed by atoms with E-state index < -0.39 is 0 Å². The van der Waals surface area contributed by atoms with Crippen molar-refractivity contribution in [2.75, 3.05) is 20.1 Å². The highest BCUT2D eigenvalue weighted by Gasteiger charge is 2.16. The van der Waals surface area contributed by atoms with Crippen molar-refractivity contribution in [3.8, 4) is 0 Å². The maximum absolute atomic E-state index is 3.62. The van der Waals surface area contributed by atoms with Crippen molar-refractivity contribution < 1.29 is 0 Å². The van der Waals surface area contributed by atoms with Gasteiger partial charge in [0, 0.05) is 19.1 Å². The van der Waals surface area contributed by atoms with Crippen LogP contribution in [0.15, 0.2) is 24.3 Å². The predicted molar refractivity (Wildman–Crippen MR) is 84.4 cm³/mol. The van der Waals surface area contributed by atoms with Crippen molar-refractivity contribution in [1.29, 1.82) is 0 Å². The Bertz CT molecular complexity index is 362. The highest BCUT2D eigenvalue weighted by molar-refractivity contribution is 5.25. The molecule has 0 heterocycles. The van der Waals surface area contributed by atoms with E-state index in [4.69, 9.17) is 0 Å². The van der Waals surface area contributed by atoms with Gasteiger partial charge in [0.15, 0.2) is 0 Å². The zero-order valence-electron chi connectivity index (χ0n) is 13.2. The number of rotatable bonds is 8. The second-order valence-electron chi connectivity index (χ2n) is 5.67. The smallest absolute Gasteiger partial charge is 0.0233 e. The lowest BCUT2D eigenvalue weighted by Gasteiger charge is -2.29. The van der Waals surface area contributed by atoms with Gasteiger partial charge in [0.05, 0.1) is 0 Å². The largest absolute Gasteiger partial charge is 0.313 e. The van der Waals surface area contributed by atoms with E-state index in [9.17, 15) is 0 Å². The molecule has 1 aromatic rings. The molecule has 1 rings (SSSR count). The van der Waals surface area contributed by atoms with Crippen LogP contribution in [-0.2, 0) is 6.54 Å². The molecule has 2 heteroatoms.